The molecule has 9 nitrogen and oxygen atoms in total. The van der Waals surface area contributed by atoms with Crippen LogP contribution in [0.25, 0.3) is 0 Å². The first-order chi connectivity index (χ1) is 15.9. The lowest BCUT2D eigenvalue weighted by Gasteiger charge is -2.20. The highest BCUT2D eigenvalue weighted by atomic mass is 32.2. The Morgan fingerprint density at radius 3 is 2.65 bits per heavy atom. The van der Waals surface area contributed by atoms with Gasteiger partial charge in [-0.25, -0.2) is 23.5 Å². The number of primary sulfonamides is 1. The number of carbonyl (C=O) groups is 1. The number of aromatic nitrogens is 2. The smallest absolute Gasteiger partial charge is 0.405 e. The summed E-state index contributed by atoms with van der Waals surface area (Å²) in [4.78, 5) is 22.7. The normalized spacial score (nSPS) is 13.5. The summed E-state index contributed by atoms with van der Waals surface area (Å²) in [6.07, 6.45) is -2.12. The van der Waals surface area contributed by atoms with Crippen molar-refractivity contribution >= 4 is 27.4 Å². The van der Waals surface area contributed by atoms with Gasteiger partial charge in [-0.3, -0.25) is 4.79 Å². The second-order valence-electron chi connectivity index (χ2n) is 7.56. The maximum atomic E-state index is 13.1. The van der Waals surface area contributed by atoms with Gasteiger partial charge >= 0.3 is 6.36 Å². The summed E-state index contributed by atoms with van der Waals surface area (Å²) >= 11 is 0. The Balaban J connectivity index is 1.63. The molecular weight excluding hydrogens is 475 g/mol. The fraction of sp³-hybridized carbons (Fsp3) is 0.190. The lowest BCUT2D eigenvalue weighted by atomic mass is 10.1. The fourth-order valence-corrected chi connectivity index (χ4v) is 4.08. The Morgan fingerprint density at radius 2 is 1.94 bits per heavy atom. The SMILES string of the molecule is Cc1cnc(N2Cc3cccc(OC(F)(F)F)c3C2)c(C(=O)Nc2ccnc(S(N)(=O)=O)c2)c1. The molecule has 13 heteroatoms. The number of nitrogens with two attached hydrogens (primary N) is 1. The summed E-state index contributed by atoms with van der Waals surface area (Å²) < 4.78 is 65.6. The van der Waals surface area contributed by atoms with Gasteiger partial charge in [-0.05, 0) is 36.2 Å². The van der Waals surface area contributed by atoms with Crippen molar-refractivity contribution in [1.29, 1.82) is 0 Å². The van der Waals surface area contributed by atoms with Gasteiger partial charge in [-0.2, -0.15) is 0 Å². The van der Waals surface area contributed by atoms with Crippen LogP contribution in [0, 0.1) is 6.92 Å². The minimum absolute atomic E-state index is 0.0444. The van der Waals surface area contributed by atoms with E-state index in [1.54, 1.807) is 24.0 Å². The van der Waals surface area contributed by atoms with Crippen LogP contribution in [-0.4, -0.2) is 30.7 Å². The molecule has 0 spiro atoms. The van der Waals surface area contributed by atoms with E-state index in [1.165, 1.54) is 30.6 Å². The largest absolute Gasteiger partial charge is 0.573 e. The molecule has 0 radical (unpaired) electrons. The molecule has 0 bridgehead atoms. The monoisotopic (exact) mass is 493 g/mol. The number of ether oxygens (including phenoxy) is 1. The van der Waals surface area contributed by atoms with E-state index < -0.39 is 27.3 Å². The van der Waals surface area contributed by atoms with Gasteiger partial charge in [0.05, 0.1) is 5.56 Å². The number of hydrogen-bond donors (Lipinski definition) is 2. The number of aryl methyl sites for hydroxylation is 1. The summed E-state index contributed by atoms with van der Waals surface area (Å²) in [6, 6.07) is 8.46. The van der Waals surface area contributed by atoms with Crippen molar-refractivity contribution in [3.8, 4) is 5.75 Å². The first kappa shape index (κ1) is 23.4. The number of alkyl halides is 3. The zero-order chi connectivity index (χ0) is 24.7. The molecule has 0 aliphatic carbocycles. The molecule has 3 N–H and O–H groups in total. The summed E-state index contributed by atoms with van der Waals surface area (Å²) in [5.74, 6) is -0.656. The van der Waals surface area contributed by atoms with Gasteiger partial charge in [-0.15, -0.1) is 13.2 Å². The molecule has 0 saturated carbocycles. The van der Waals surface area contributed by atoms with Gasteiger partial charge in [0.1, 0.15) is 11.6 Å². The summed E-state index contributed by atoms with van der Waals surface area (Å²) in [7, 11) is -4.08. The molecule has 0 fully saturated rings. The molecule has 1 aliphatic heterocycles. The van der Waals surface area contributed by atoms with E-state index in [9.17, 15) is 26.4 Å². The van der Waals surface area contributed by atoms with Crippen LogP contribution in [0.4, 0.5) is 24.7 Å². The number of carbonyl (C=O) groups excluding carboxylic acids is 1. The van der Waals surface area contributed by atoms with Crippen molar-refractivity contribution in [2.45, 2.75) is 31.4 Å². The third-order valence-corrected chi connectivity index (χ3v) is 5.80. The molecule has 1 aromatic carbocycles. The maximum absolute atomic E-state index is 13.1. The van der Waals surface area contributed by atoms with Gasteiger partial charge < -0.3 is 15.0 Å². The summed E-state index contributed by atoms with van der Waals surface area (Å²) in [5.41, 5.74) is 1.93. The molecule has 178 valence electrons. The van der Waals surface area contributed by atoms with Crippen molar-refractivity contribution in [3.05, 3.63) is 71.0 Å². The lowest BCUT2D eigenvalue weighted by molar-refractivity contribution is -0.274. The zero-order valence-corrected chi connectivity index (χ0v) is 18.4. The van der Waals surface area contributed by atoms with Crippen molar-refractivity contribution in [2.24, 2.45) is 5.14 Å². The van der Waals surface area contributed by atoms with Gasteiger partial charge in [0.15, 0.2) is 5.03 Å². The molecule has 4 rings (SSSR count). The number of halogens is 3. The van der Waals surface area contributed by atoms with Crippen LogP contribution in [0.15, 0.2) is 53.8 Å². The zero-order valence-electron chi connectivity index (χ0n) is 17.6. The van der Waals surface area contributed by atoms with Crippen LogP contribution >= 0.6 is 0 Å². The number of hydrogen-bond acceptors (Lipinski definition) is 7. The molecule has 3 aromatic rings. The number of benzene rings is 1. The molecule has 2 aromatic heterocycles. The van der Waals surface area contributed by atoms with Crippen molar-refractivity contribution in [1.82, 2.24) is 9.97 Å². The molecule has 1 aliphatic rings. The molecule has 34 heavy (non-hydrogen) atoms. The van der Waals surface area contributed by atoms with Crippen molar-refractivity contribution < 1.29 is 31.1 Å². The average molecular weight is 493 g/mol. The van der Waals surface area contributed by atoms with E-state index in [0.717, 1.165) is 6.07 Å². The van der Waals surface area contributed by atoms with Crippen LogP contribution in [-0.2, 0) is 23.1 Å². The van der Waals surface area contributed by atoms with Crippen molar-refractivity contribution in [2.75, 3.05) is 10.2 Å². The first-order valence-electron chi connectivity index (χ1n) is 9.79. The number of rotatable bonds is 5. The van der Waals surface area contributed by atoms with E-state index in [1.807, 2.05) is 0 Å². The van der Waals surface area contributed by atoms with Crippen LogP contribution in [0.2, 0.25) is 0 Å². The molecule has 0 saturated heterocycles. The number of nitrogens with zero attached hydrogens (tertiary/aromatic N) is 3. The number of amides is 1. The second-order valence-corrected chi connectivity index (χ2v) is 9.07. The predicted octanol–water partition coefficient (Wildman–Crippen LogP) is 3.10. The van der Waals surface area contributed by atoms with E-state index in [2.05, 4.69) is 20.0 Å². The number of fused-ring (bicyclic) bond motifs is 1. The Labute approximate surface area is 192 Å². The van der Waals surface area contributed by atoms with E-state index >= 15 is 0 Å². The number of sulfonamides is 1. The first-order valence-corrected chi connectivity index (χ1v) is 11.3. The average Bonchev–Trinajstić information content (AvgIpc) is 3.17. The highest BCUT2D eigenvalue weighted by molar-refractivity contribution is 7.89. The number of nitrogens with one attached hydrogen (secondary N) is 1. The van der Waals surface area contributed by atoms with Crippen molar-refractivity contribution in [3.63, 3.8) is 0 Å². The topological polar surface area (TPSA) is 128 Å². The third kappa shape index (κ3) is 5.10. The van der Waals surface area contributed by atoms with Gasteiger partial charge in [0.25, 0.3) is 15.9 Å². The van der Waals surface area contributed by atoms with E-state index in [0.29, 0.717) is 16.7 Å². The fourth-order valence-electron chi connectivity index (χ4n) is 3.58. The Morgan fingerprint density at radius 1 is 1.18 bits per heavy atom. The van der Waals surface area contributed by atoms with Gasteiger partial charge in [0.2, 0.25) is 0 Å². The maximum Gasteiger partial charge on any atom is 0.573 e. The lowest BCUT2D eigenvalue weighted by Crippen LogP contribution is -2.23. The Bertz CT molecular complexity index is 1380. The second kappa shape index (κ2) is 8.57. The van der Waals surface area contributed by atoms with Crippen LogP contribution in [0.3, 0.4) is 0 Å². The highest BCUT2D eigenvalue weighted by Crippen LogP contribution is 2.37. The molecule has 1 amide bonds. The Hall–Kier alpha value is -3.71. The van der Waals surface area contributed by atoms with Crippen LogP contribution in [0.1, 0.15) is 27.0 Å². The summed E-state index contributed by atoms with van der Waals surface area (Å²) in [5, 5.41) is 7.26. The minimum Gasteiger partial charge on any atom is -0.405 e. The van der Waals surface area contributed by atoms with Gasteiger partial charge in [0, 0.05) is 42.8 Å². The predicted molar refractivity (Wildman–Crippen MR) is 116 cm³/mol. The van der Waals surface area contributed by atoms with Gasteiger partial charge in [-0.1, -0.05) is 12.1 Å². The highest BCUT2D eigenvalue weighted by Gasteiger charge is 2.34. The number of anilines is 2. The Kier molecular flexibility index (Phi) is 5.91. The van der Waals surface area contributed by atoms with Crippen LogP contribution < -0.4 is 20.1 Å². The standard InChI is InChI=1S/C21H18F3N5O4S/c1-12-7-15(20(30)28-14-5-6-26-18(8-14)34(25,31)32)19(27-9-12)29-10-13-3-2-4-17(16(13)11-29)33-21(22,23)24/h2-9H,10-11H2,1H3,(H2,25,31,32)(H,26,28,30). The molecule has 0 unspecified atom stereocenters. The number of pyridine rings is 2. The molecular formula is C21H18F3N5O4S. The third-order valence-electron chi connectivity index (χ3n) is 5.00. The molecule has 0 atom stereocenters. The van der Waals surface area contributed by atoms with E-state index in [4.69, 9.17) is 5.14 Å². The van der Waals surface area contributed by atoms with E-state index in [-0.39, 0.29) is 35.9 Å². The minimum atomic E-state index is -4.84. The quantitative estimate of drug-likeness (QED) is 0.559. The molecule has 3 heterocycles. The summed E-state index contributed by atoms with van der Waals surface area (Å²) in [6.45, 7) is 1.99. The van der Waals surface area contributed by atoms with Crippen LogP contribution in [0.5, 0.6) is 5.75 Å².